The number of aromatic carboxylic acids is 1. The van der Waals surface area contributed by atoms with Crippen molar-refractivity contribution in [3.8, 4) is 11.8 Å². The maximum Gasteiger partial charge on any atom is 0.335 e. The molecule has 0 atom stereocenters. The molecule has 0 heterocycles. The lowest BCUT2D eigenvalue weighted by molar-refractivity contribution is 0.0697. The van der Waals surface area contributed by atoms with Gasteiger partial charge in [-0.25, -0.2) is 9.59 Å². The Kier molecular flexibility index (Phi) is 5.42. The molecule has 0 aliphatic rings. The number of rotatable bonds is 4. The molecule has 19 heavy (non-hydrogen) atoms. The predicted octanol–water partition coefficient (Wildman–Crippen LogP) is 2.23. The molecule has 0 saturated heterocycles. The van der Waals surface area contributed by atoms with Gasteiger partial charge in [0.05, 0.1) is 5.56 Å². The Labute approximate surface area is 112 Å². The minimum absolute atomic E-state index is 0.137. The van der Waals surface area contributed by atoms with Gasteiger partial charge in [0, 0.05) is 18.7 Å². The van der Waals surface area contributed by atoms with Crippen molar-refractivity contribution >= 4 is 17.7 Å². The summed E-state index contributed by atoms with van der Waals surface area (Å²) in [6, 6.07) is 4.21. The zero-order valence-electron chi connectivity index (χ0n) is 10.9. The Morgan fingerprint density at radius 1 is 1.37 bits per heavy atom. The maximum absolute atomic E-state index is 11.6. The van der Waals surface area contributed by atoms with Crippen LogP contribution in [0.1, 0.15) is 29.3 Å². The van der Waals surface area contributed by atoms with Crippen LogP contribution >= 0.6 is 0 Å². The number of carboxylic acid groups (broad SMARTS) is 1. The second kappa shape index (κ2) is 7.07. The lowest BCUT2D eigenvalue weighted by Gasteiger charge is -2.10. The van der Waals surface area contributed by atoms with Crippen LogP contribution in [0.3, 0.4) is 0 Å². The highest BCUT2D eigenvalue weighted by Crippen LogP contribution is 2.16. The highest BCUT2D eigenvalue weighted by molar-refractivity contribution is 5.93. The first kappa shape index (κ1) is 14.6. The number of hydrogen-bond acceptors (Lipinski definition) is 2. The van der Waals surface area contributed by atoms with Crippen LogP contribution in [0.5, 0.6) is 0 Å². The fraction of sp³-hybridized carbons (Fsp3) is 0.286. The topological polar surface area (TPSA) is 78.4 Å². The molecule has 3 N–H and O–H groups in total. The van der Waals surface area contributed by atoms with E-state index in [2.05, 4.69) is 22.5 Å². The first-order valence-corrected chi connectivity index (χ1v) is 5.83. The molecule has 0 aliphatic carbocycles. The summed E-state index contributed by atoms with van der Waals surface area (Å²) in [4.78, 5) is 22.4. The van der Waals surface area contributed by atoms with Gasteiger partial charge in [-0.05, 0) is 31.5 Å². The number of amides is 2. The minimum Gasteiger partial charge on any atom is -0.478 e. The Bertz CT molecular complexity index is 541. The normalized spacial score (nSPS) is 9.16. The molecule has 0 unspecified atom stereocenters. The first-order valence-electron chi connectivity index (χ1n) is 5.83. The third kappa shape index (κ3) is 4.72. The molecule has 1 aromatic rings. The molecule has 0 aliphatic heterocycles. The third-order valence-corrected chi connectivity index (χ3v) is 2.45. The van der Waals surface area contributed by atoms with Crippen molar-refractivity contribution in [2.75, 3.05) is 11.9 Å². The number of carboxylic acids is 1. The van der Waals surface area contributed by atoms with Crippen LogP contribution < -0.4 is 10.6 Å². The predicted molar refractivity (Wildman–Crippen MR) is 73.2 cm³/mol. The molecule has 0 saturated carbocycles. The van der Waals surface area contributed by atoms with E-state index in [4.69, 9.17) is 5.11 Å². The first-order chi connectivity index (χ1) is 9.04. The van der Waals surface area contributed by atoms with Gasteiger partial charge in [0.25, 0.3) is 0 Å². The molecule has 0 spiro atoms. The minimum atomic E-state index is -1.03. The number of aryl methyl sites for hydroxylation is 1. The third-order valence-electron chi connectivity index (χ3n) is 2.45. The van der Waals surface area contributed by atoms with E-state index in [9.17, 15) is 9.59 Å². The Morgan fingerprint density at radius 3 is 2.74 bits per heavy atom. The summed E-state index contributed by atoms with van der Waals surface area (Å²) in [5.41, 5.74) is 1.42. The molecule has 5 nitrogen and oxygen atoms in total. The van der Waals surface area contributed by atoms with Gasteiger partial charge in [0.15, 0.2) is 0 Å². The molecule has 1 aromatic carbocycles. The van der Waals surface area contributed by atoms with Crippen LogP contribution in [0.25, 0.3) is 0 Å². The monoisotopic (exact) mass is 260 g/mol. The summed E-state index contributed by atoms with van der Waals surface area (Å²) in [6.07, 6.45) is 0.581. The van der Waals surface area contributed by atoms with Crippen LogP contribution in [0.15, 0.2) is 18.2 Å². The van der Waals surface area contributed by atoms with E-state index in [1.807, 2.05) is 0 Å². The maximum atomic E-state index is 11.6. The van der Waals surface area contributed by atoms with E-state index in [0.29, 0.717) is 18.7 Å². The zero-order chi connectivity index (χ0) is 14.3. The van der Waals surface area contributed by atoms with Crippen molar-refractivity contribution in [3.63, 3.8) is 0 Å². The number of nitrogens with one attached hydrogen (secondary N) is 2. The highest BCUT2D eigenvalue weighted by Gasteiger charge is 2.08. The largest absolute Gasteiger partial charge is 0.478 e. The molecule has 0 bridgehead atoms. The van der Waals surface area contributed by atoms with Crippen molar-refractivity contribution < 1.29 is 14.7 Å². The number of carbonyl (C=O) groups is 2. The summed E-state index contributed by atoms with van der Waals surface area (Å²) < 4.78 is 0. The number of anilines is 1. The lowest BCUT2D eigenvalue weighted by atomic mass is 10.1. The van der Waals surface area contributed by atoms with Crippen molar-refractivity contribution in [2.45, 2.75) is 20.3 Å². The van der Waals surface area contributed by atoms with Gasteiger partial charge in [0.2, 0.25) is 0 Å². The highest BCUT2D eigenvalue weighted by atomic mass is 16.4. The smallest absolute Gasteiger partial charge is 0.335 e. The molecule has 0 fully saturated rings. The Hall–Kier alpha value is -2.48. The van der Waals surface area contributed by atoms with Crippen molar-refractivity contribution in [1.82, 2.24) is 5.32 Å². The molecule has 0 radical (unpaired) electrons. The van der Waals surface area contributed by atoms with Gasteiger partial charge in [-0.1, -0.05) is 6.07 Å². The molecule has 5 heteroatoms. The SMILES string of the molecule is CC#CCCNC(=O)Nc1cc(C(=O)O)ccc1C. The zero-order valence-corrected chi connectivity index (χ0v) is 10.9. The molecule has 0 aromatic heterocycles. The average Bonchev–Trinajstić information content (AvgIpc) is 2.37. The summed E-state index contributed by atoms with van der Waals surface area (Å²) in [5.74, 6) is 4.54. The van der Waals surface area contributed by atoms with E-state index in [0.717, 1.165) is 5.56 Å². The molecular weight excluding hydrogens is 244 g/mol. The van der Waals surface area contributed by atoms with Gasteiger partial charge in [-0.2, -0.15) is 0 Å². The van der Waals surface area contributed by atoms with Gasteiger partial charge in [0.1, 0.15) is 0 Å². The summed E-state index contributed by atoms with van der Waals surface area (Å²) >= 11 is 0. The van der Waals surface area contributed by atoms with E-state index in [1.54, 1.807) is 19.9 Å². The van der Waals surface area contributed by atoms with Crippen LogP contribution in [0.2, 0.25) is 0 Å². The van der Waals surface area contributed by atoms with Crippen LogP contribution in [0, 0.1) is 18.8 Å². The fourth-order valence-corrected chi connectivity index (χ4v) is 1.42. The standard InChI is InChI=1S/C14H16N2O3/c1-3-4-5-8-15-14(19)16-12-9-11(13(17)18)7-6-10(12)2/h6-7,9H,5,8H2,1-2H3,(H,17,18)(H2,15,16,19). The van der Waals surface area contributed by atoms with Crippen LogP contribution in [0.4, 0.5) is 10.5 Å². The summed E-state index contributed by atoms with van der Waals surface area (Å²) in [6.45, 7) is 3.98. The Balaban J connectivity index is 2.64. The number of hydrogen-bond donors (Lipinski definition) is 3. The lowest BCUT2D eigenvalue weighted by Crippen LogP contribution is -2.29. The molecule has 2 amide bonds. The van der Waals surface area contributed by atoms with E-state index in [1.165, 1.54) is 12.1 Å². The van der Waals surface area contributed by atoms with E-state index >= 15 is 0 Å². The van der Waals surface area contributed by atoms with E-state index in [-0.39, 0.29) is 11.6 Å². The number of benzene rings is 1. The Morgan fingerprint density at radius 2 is 2.11 bits per heavy atom. The quantitative estimate of drug-likeness (QED) is 0.573. The van der Waals surface area contributed by atoms with Crippen molar-refractivity contribution in [3.05, 3.63) is 29.3 Å². The number of urea groups is 1. The number of carbonyl (C=O) groups excluding carboxylic acids is 1. The van der Waals surface area contributed by atoms with Crippen LogP contribution in [-0.4, -0.2) is 23.7 Å². The van der Waals surface area contributed by atoms with Crippen molar-refractivity contribution in [1.29, 1.82) is 0 Å². The molecular formula is C14H16N2O3. The van der Waals surface area contributed by atoms with Gasteiger partial charge in [-0.3, -0.25) is 0 Å². The van der Waals surface area contributed by atoms with Gasteiger partial charge in [-0.15, -0.1) is 11.8 Å². The van der Waals surface area contributed by atoms with Crippen molar-refractivity contribution in [2.24, 2.45) is 0 Å². The second-order valence-corrected chi connectivity index (χ2v) is 3.89. The van der Waals surface area contributed by atoms with Gasteiger partial charge < -0.3 is 15.7 Å². The molecule has 100 valence electrons. The molecule has 1 rings (SSSR count). The summed E-state index contributed by atoms with van der Waals surface area (Å²) in [7, 11) is 0. The average molecular weight is 260 g/mol. The summed E-state index contributed by atoms with van der Waals surface area (Å²) in [5, 5.41) is 14.2. The fourth-order valence-electron chi connectivity index (χ4n) is 1.42. The second-order valence-electron chi connectivity index (χ2n) is 3.89. The van der Waals surface area contributed by atoms with Crippen LogP contribution in [-0.2, 0) is 0 Å². The van der Waals surface area contributed by atoms with E-state index < -0.39 is 5.97 Å². The van der Waals surface area contributed by atoms with Gasteiger partial charge >= 0.3 is 12.0 Å².